The number of non-ortho nitro benzene ring substituents is 1. The number of amides is 1. The van der Waals surface area contributed by atoms with Crippen molar-refractivity contribution in [2.45, 2.75) is 6.42 Å². The van der Waals surface area contributed by atoms with Gasteiger partial charge in [0.15, 0.2) is 0 Å². The summed E-state index contributed by atoms with van der Waals surface area (Å²) < 4.78 is 6.42. The van der Waals surface area contributed by atoms with E-state index in [0.717, 1.165) is 4.88 Å². The number of aromatic nitrogens is 2. The summed E-state index contributed by atoms with van der Waals surface area (Å²) in [6.07, 6.45) is 0.685. The molecule has 9 heteroatoms. The standard InChI is InChI=1S/C18H18N4O4S/c1-26-9-4-8-19-18(23)16-12-15(17-7-3-10-27-17)20-21(16)13-5-2-6-14(11-13)22(24)25/h2-3,5-7,10-12H,4,8-9H2,1H3,(H,19,23). The zero-order valence-corrected chi connectivity index (χ0v) is 15.4. The number of nitro groups is 1. The van der Waals surface area contributed by atoms with Crippen LogP contribution in [0, 0.1) is 10.1 Å². The van der Waals surface area contributed by atoms with Crippen LogP contribution in [0.5, 0.6) is 0 Å². The molecule has 0 unspecified atom stereocenters. The van der Waals surface area contributed by atoms with E-state index in [1.54, 1.807) is 25.3 Å². The van der Waals surface area contributed by atoms with Crippen molar-refractivity contribution in [2.24, 2.45) is 0 Å². The number of ether oxygens (including phenoxy) is 1. The van der Waals surface area contributed by atoms with E-state index in [2.05, 4.69) is 10.4 Å². The molecule has 0 atom stereocenters. The van der Waals surface area contributed by atoms with E-state index in [1.165, 1.54) is 28.2 Å². The third-order valence-corrected chi connectivity index (χ3v) is 4.70. The van der Waals surface area contributed by atoms with Crippen LogP contribution < -0.4 is 5.32 Å². The van der Waals surface area contributed by atoms with Gasteiger partial charge in [-0.3, -0.25) is 14.9 Å². The van der Waals surface area contributed by atoms with Crippen LogP contribution in [0.4, 0.5) is 5.69 Å². The number of nitrogens with zero attached hydrogens (tertiary/aromatic N) is 3. The number of thiophene rings is 1. The highest BCUT2D eigenvalue weighted by molar-refractivity contribution is 7.13. The van der Waals surface area contributed by atoms with E-state index in [0.29, 0.717) is 36.6 Å². The smallest absolute Gasteiger partial charge is 0.271 e. The first kappa shape index (κ1) is 18.7. The van der Waals surface area contributed by atoms with Gasteiger partial charge in [0.05, 0.1) is 15.5 Å². The van der Waals surface area contributed by atoms with E-state index >= 15 is 0 Å². The average Bonchev–Trinajstić information content (AvgIpc) is 3.34. The average molecular weight is 386 g/mol. The van der Waals surface area contributed by atoms with Crippen molar-refractivity contribution in [1.29, 1.82) is 0 Å². The Morgan fingerprint density at radius 2 is 2.19 bits per heavy atom. The number of nitro benzene ring substituents is 1. The van der Waals surface area contributed by atoms with Gasteiger partial charge in [0.25, 0.3) is 11.6 Å². The second kappa shape index (κ2) is 8.56. The number of carbonyl (C=O) groups excluding carboxylic acids is 1. The number of methoxy groups -OCH3 is 1. The number of rotatable bonds is 8. The summed E-state index contributed by atoms with van der Waals surface area (Å²) in [5.41, 5.74) is 1.34. The Bertz CT molecular complexity index is 937. The van der Waals surface area contributed by atoms with Crippen molar-refractivity contribution < 1.29 is 14.5 Å². The molecule has 0 bridgehead atoms. The van der Waals surface area contributed by atoms with Crippen LogP contribution >= 0.6 is 11.3 Å². The van der Waals surface area contributed by atoms with Crippen LogP contribution in [-0.4, -0.2) is 40.9 Å². The zero-order valence-electron chi connectivity index (χ0n) is 14.6. The molecule has 140 valence electrons. The summed E-state index contributed by atoms with van der Waals surface area (Å²) in [7, 11) is 1.60. The fourth-order valence-electron chi connectivity index (χ4n) is 2.53. The third kappa shape index (κ3) is 4.39. The largest absolute Gasteiger partial charge is 0.385 e. The maximum Gasteiger partial charge on any atom is 0.271 e. The molecule has 27 heavy (non-hydrogen) atoms. The Balaban J connectivity index is 1.97. The third-order valence-electron chi connectivity index (χ3n) is 3.81. The number of hydrogen-bond acceptors (Lipinski definition) is 6. The molecule has 0 fully saturated rings. The molecule has 2 heterocycles. The molecule has 3 aromatic rings. The normalized spacial score (nSPS) is 10.7. The van der Waals surface area contributed by atoms with E-state index < -0.39 is 4.92 Å². The van der Waals surface area contributed by atoms with Gasteiger partial charge in [-0.05, 0) is 30.0 Å². The summed E-state index contributed by atoms with van der Waals surface area (Å²) in [5.74, 6) is -0.298. The van der Waals surface area contributed by atoms with E-state index in [1.807, 2.05) is 17.5 Å². The Kier molecular flexibility index (Phi) is 5.94. The number of nitrogens with one attached hydrogen (secondary N) is 1. The summed E-state index contributed by atoms with van der Waals surface area (Å²) in [6, 6.07) is 11.5. The first-order valence-electron chi connectivity index (χ1n) is 8.26. The van der Waals surface area contributed by atoms with Crippen LogP contribution in [0.25, 0.3) is 16.3 Å². The summed E-state index contributed by atoms with van der Waals surface area (Å²) in [6.45, 7) is 1.01. The number of hydrogen-bond donors (Lipinski definition) is 1. The SMILES string of the molecule is COCCCNC(=O)c1cc(-c2cccs2)nn1-c1cccc([N+](=O)[O-])c1. The van der Waals surface area contributed by atoms with Gasteiger partial charge in [0.1, 0.15) is 11.4 Å². The number of carbonyl (C=O) groups is 1. The molecular weight excluding hydrogens is 368 g/mol. The Hall–Kier alpha value is -3.04. The van der Waals surface area contributed by atoms with Gasteiger partial charge in [-0.2, -0.15) is 5.10 Å². The van der Waals surface area contributed by atoms with Crippen LogP contribution in [0.2, 0.25) is 0 Å². The van der Waals surface area contributed by atoms with Crippen LogP contribution in [0.1, 0.15) is 16.9 Å². The lowest BCUT2D eigenvalue weighted by atomic mass is 10.2. The molecule has 0 aliphatic heterocycles. The van der Waals surface area contributed by atoms with Crippen molar-refractivity contribution in [3.8, 4) is 16.3 Å². The van der Waals surface area contributed by atoms with Gasteiger partial charge in [-0.25, -0.2) is 4.68 Å². The Morgan fingerprint density at radius 1 is 1.33 bits per heavy atom. The fraction of sp³-hybridized carbons (Fsp3) is 0.222. The molecule has 2 aromatic heterocycles. The molecule has 0 spiro atoms. The lowest BCUT2D eigenvalue weighted by Gasteiger charge is -2.08. The van der Waals surface area contributed by atoms with Gasteiger partial charge >= 0.3 is 0 Å². The highest BCUT2D eigenvalue weighted by Gasteiger charge is 2.19. The maximum absolute atomic E-state index is 12.7. The summed E-state index contributed by atoms with van der Waals surface area (Å²) in [4.78, 5) is 24.2. The molecular formula is C18H18N4O4S. The second-order valence-corrected chi connectivity index (χ2v) is 6.63. The number of benzene rings is 1. The molecule has 3 rings (SSSR count). The van der Waals surface area contributed by atoms with Crippen LogP contribution in [-0.2, 0) is 4.74 Å². The molecule has 0 saturated heterocycles. The summed E-state index contributed by atoms with van der Waals surface area (Å²) in [5, 5.41) is 20.3. The highest BCUT2D eigenvalue weighted by atomic mass is 32.1. The van der Waals surface area contributed by atoms with Crippen LogP contribution in [0.15, 0.2) is 47.8 Å². The summed E-state index contributed by atoms with van der Waals surface area (Å²) >= 11 is 1.51. The lowest BCUT2D eigenvalue weighted by Crippen LogP contribution is -2.27. The Labute approximate surface area is 159 Å². The molecule has 1 aromatic carbocycles. The molecule has 0 radical (unpaired) electrons. The van der Waals surface area contributed by atoms with Gasteiger partial charge in [-0.1, -0.05) is 12.1 Å². The minimum absolute atomic E-state index is 0.0628. The zero-order chi connectivity index (χ0) is 19.2. The van der Waals surface area contributed by atoms with Crippen molar-refractivity contribution in [3.05, 3.63) is 63.7 Å². The van der Waals surface area contributed by atoms with E-state index in [9.17, 15) is 14.9 Å². The van der Waals surface area contributed by atoms with Crippen molar-refractivity contribution in [3.63, 3.8) is 0 Å². The lowest BCUT2D eigenvalue weighted by molar-refractivity contribution is -0.384. The van der Waals surface area contributed by atoms with E-state index in [4.69, 9.17) is 4.74 Å². The maximum atomic E-state index is 12.7. The van der Waals surface area contributed by atoms with Gasteiger partial charge < -0.3 is 10.1 Å². The Morgan fingerprint density at radius 3 is 2.89 bits per heavy atom. The topological polar surface area (TPSA) is 99.3 Å². The molecule has 1 amide bonds. The van der Waals surface area contributed by atoms with Gasteiger partial charge in [0.2, 0.25) is 0 Å². The van der Waals surface area contributed by atoms with Crippen LogP contribution in [0.3, 0.4) is 0 Å². The van der Waals surface area contributed by atoms with Crippen molar-refractivity contribution >= 4 is 22.9 Å². The monoisotopic (exact) mass is 386 g/mol. The molecule has 0 aliphatic carbocycles. The van der Waals surface area contributed by atoms with Gasteiger partial charge in [0, 0.05) is 32.4 Å². The van der Waals surface area contributed by atoms with Crippen molar-refractivity contribution in [2.75, 3.05) is 20.3 Å². The predicted octanol–water partition coefficient (Wildman–Crippen LogP) is 3.28. The first-order chi connectivity index (χ1) is 13.1. The molecule has 8 nitrogen and oxygen atoms in total. The first-order valence-corrected chi connectivity index (χ1v) is 9.14. The molecule has 0 saturated carbocycles. The predicted molar refractivity (Wildman–Crippen MR) is 102 cm³/mol. The quantitative estimate of drug-likeness (QED) is 0.364. The molecule has 1 N–H and O–H groups in total. The van der Waals surface area contributed by atoms with Gasteiger partial charge in [-0.15, -0.1) is 11.3 Å². The fourth-order valence-corrected chi connectivity index (χ4v) is 3.21. The minimum atomic E-state index is -0.475. The van der Waals surface area contributed by atoms with Crippen molar-refractivity contribution in [1.82, 2.24) is 15.1 Å². The van der Waals surface area contributed by atoms with E-state index in [-0.39, 0.29) is 11.6 Å². The molecule has 0 aliphatic rings. The second-order valence-electron chi connectivity index (χ2n) is 5.68. The minimum Gasteiger partial charge on any atom is -0.385 e. The highest BCUT2D eigenvalue weighted by Crippen LogP contribution is 2.26.